The summed E-state index contributed by atoms with van der Waals surface area (Å²) in [5.41, 5.74) is 3.10. The topological polar surface area (TPSA) is 77.3 Å². The Kier molecular flexibility index (Phi) is 6.95. The number of amides is 1. The Labute approximate surface area is 196 Å². The Bertz CT molecular complexity index is 1220. The number of hydrogen-bond acceptors (Lipinski definition) is 6. The van der Waals surface area contributed by atoms with Crippen molar-refractivity contribution in [3.05, 3.63) is 100 Å². The first-order valence-corrected chi connectivity index (χ1v) is 11.4. The van der Waals surface area contributed by atoms with Gasteiger partial charge in [-0.15, -0.1) is 0 Å². The van der Waals surface area contributed by atoms with Gasteiger partial charge >= 0.3 is 5.97 Å². The molecular formula is C25H24N4O3S. The van der Waals surface area contributed by atoms with E-state index in [1.165, 1.54) is 11.3 Å². The van der Waals surface area contributed by atoms with E-state index in [2.05, 4.69) is 10.1 Å². The fraction of sp³-hybridized carbons (Fsp3) is 0.200. The maximum absolute atomic E-state index is 13.6. The first-order chi connectivity index (χ1) is 16.0. The maximum atomic E-state index is 13.6. The molecule has 2 aromatic carbocycles. The molecule has 7 nitrogen and oxygen atoms in total. The molecule has 4 aromatic rings. The Balaban J connectivity index is 1.62. The fourth-order valence-electron chi connectivity index (χ4n) is 3.37. The Morgan fingerprint density at radius 2 is 1.79 bits per heavy atom. The van der Waals surface area contributed by atoms with Crippen LogP contribution in [0.25, 0.3) is 0 Å². The number of ether oxygens (including phenoxy) is 1. The molecule has 0 spiro atoms. The number of aryl methyl sites for hydroxylation is 1. The summed E-state index contributed by atoms with van der Waals surface area (Å²) in [6, 6.07) is 19.1. The van der Waals surface area contributed by atoms with Crippen molar-refractivity contribution in [2.24, 2.45) is 0 Å². The van der Waals surface area contributed by atoms with Gasteiger partial charge in [-0.25, -0.2) is 9.78 Å². The molecule has 0 fully saturated rings. The van der Waals surface area contributed by atoms with E-state index in [1.54, 1.807) is 24.9 Å². The van der Waals surface area contributed by atoms with E-state index in [0.29, 0.717) is 34.4 Å². The van der Waals surface area contributed by atoms with Crippen LogP contribution in [0.1, 0.15) is 43.8 Å². The minimum Gasteiger partial charge on any atom is -0.462 e. The summed E-state index contributed by atoms with van der Waals surface area (Å²) < 4.78 is 6.97. The van der Waals surface area contributed by atoms with E-state index >= 15 is 0 Å². The molecule has 0 bridgehead atoms. The van der Waals surface area contributed by atoms with Gasteiger partial charge in [0.05, 0.1) is 25.4 Å². The zero-order chi connectivity index (χ0) is 23.2. The van der Waals surface area contributed by atoms with Crippen LogP contribution in [0, 0.1) is 6.92 Å². The Hall–Kier alpha value is -3.78. The van der Waals surface area contributed by atoms with Gasteiger partial charge in [-0.05, 0) is 43.2 Å². The third-order valence-electron chi connectivity index (χ3n) is 5.01. The highest BCUT2D eigenvalue weighted by molar-refractivity contribution is 7.17. The molecule has 2 heterocycles. The highest BCUT2D eigenvalue weighted by atomic mass is 32.1. The highest BCUT2D eigenvalue weighted by Gasteiger charge is 2.25. The van der Waals surface area contributed by atoms with Crippen LogP contribution < -0.4 is 4.90 Å². The number of hydrogen-bond donors (Lipinski definition) is 0. The quantitative estimate of drug-likeness (QED) is 0.356. The number of thiazole rings is 1. The summed E-state index contributed by atoms with van der Waals surface area (Å²) >= 11 is 1.17. The van der Waals surface area contributed by atoms with Gasteiger partial charge in [0.1, 0.15) is 4.88 Å². The molecule has 8 heteroatoms. The van der Waals surface area contributed by atoms with Gasteiger partial charge in [-0.3, -0.25) is 14.4 Å². The maximum Gasteiger partial charge on any atom is 0.350 e. The molecule has 0 saturated heterocycles. The van der Waals surface area contributed by atoms with Crippen LogP contribution in [0.4, 0.5) is 5.13 Å². The lowest BCUT2D eigenvalue weighted by molar-refractivity contribution is 0.0531. The van der Waals surface area contributed by atoms with E-state index < -0.39 is 5.97 Å². The molecule has 1 amide bonds. The number of esters is 1. The van der Waals surface area contributed by atoms with Crippen molar-refractivity contribution in [3.63, 3.8) is 0 Å². The second-order valence-electron chi connectivity index (χ2n) is 7.41. The SMILES string of the molecule is CCOC(=O)c1sc(N(Cc2ccccc2)C(=O)c2ccc(Cn3cccn3)cc2)nc1C. The van der Waals surface area contributed by atoms with E-state index in [1.807, 2.05) is 71.5 Å². The zero-order valence-corrected chi connectivity index (χ0v) is 19.3. The molecule has 0 unspecified atom stereocenters. The van der Waals surface area contributed by atoms with Crippen molar-refractivity contribution in [1.29, 1.82) is 0 Å². The standard InChI is InChI=1S/C25H24N4O3S/c1-3-32-24(31)22-18(2)27-25(33-22)29(17-19-8-5-4-6-9-19)23(30)21-12-10-20(11-13-21)16-28-15-7-14-26-28/h4-15H,3,16-17H2,1-2H3. The monoisotopic (exact) mass is 460 g/mol. The number of anilines is 1. The third kappa shape index (κ3) is 5.35. The number of aromatic nitrogens is 3. The van der Waals surface area contributed by atoms with Gasteiger partial charge in [-0.2, -0.15) is 5.10 Å². The Morgan fingerprint density at radius 1 is 1.03 bits per heavy atom. The number of carbonyl (C=O) groups excluding carboxylic acids is 2. The summed E-state index contributed by atoms with van der Waals surface area (Å²) in [7, 11) is 0. The van der Waals surface area contributed by atoms with Crippen LogP contribution in [0.3, 0.4) is 0 Å². The predicted molar refractivity (Wildman–Crippen MR) is 128 cm³/mol. The average Bonchev–Trinajstić information content (AvgIpc) is 3.48. The van der Waals surface area contributed by atoms with Gasteiger partial charge in [0.25, 0.3) is 5.91 Å². The van der Waals surface area contributed by atoms with Crippen LogP contribution in [0.15, 0.2) is 73.1 Å². The lowest BCUT2D eigenvalue weighted by atomic mass is 10.1. The highest BCUT2D eigenvalue weighted by Crippen LogP contribution is 2.29. The normalized spacial score (nSPS) is 10.7. The molecule has 0 aliphatic carbocycles. The molecular weight excluding hydrogens is 436 g/mol. The molecule has 0 radical (unpaired) electrons. The van der Waals surface area contributed by atoms with Gasteiger partial charge in [0, 0.05) is 18.0 Å². The van der Waals surface area contributed by atoms with E-state index in [0.717, 1.165) is 11.1 Å². The molecule has 0 saturated carbocycles. The van der Waals surface area contributed by atoms with Crippen molar-refractivity contribution in [3.8, 4) is 0 Å². The lowest BCUT2D eigenvalue weighted by Crippen LogP contribution is -2.30. The zero-order valence-electron chi connectivity index (χ0n) is 18.5. The lowest BCUT2D eigenvalue weighted by Gasteiger charge is -2.20. The van der Waals surface area contributed by atoms with Gasteiger partial charge < -0.3 is 4.74 Å². The second-order valence-corrected chi connectivity index (χ2v) is 8.39. The number of carbonyl (C=O) groups is 2. The number of benzene rings is 2. The van der Waals surface area contributed by atoms with Crippen LogP contribution >= 0.6 is 11.3 Å². The smallest absolute Gasteiger partial charge is 0.350 e. The van der Waals surface area contributed by atoms with Crippen molar-refractivity contribution >= 4 is 28.3 Å². The van der Waals surface area contributed by atoms with Crippen LogP contribution in [0.2, 0.25) is 0 Å². The third-order valence-corrected chi connectivity index (χ3v) is 6.17. The summed E-state index contributed by atoms with van der Waals surface area (Å²) in [6.45, 7) is 4.76. The van der Waals surface area contributed by atoms with Crippen LogP contribution in [-0.4, -0.2) is 33.2 Å². The molecule has 2 aromatic heterocycles. The van der Waals surface area contributed by atoms with E-state index in [4.69, 9.17) is 4.74 Å². The van der Waals surface area contributed by atoms with Crippen molar-refractivity contribution in [2.45, 2.75) is 26.9 Å². The summed E-state index contributed by atoms with van der Waals surface area (Å²) in [5.74, 6) is -0.609. The molecule has 0 N–H and O–H groups in total. The molecule has 0 atom stereocenters. The van der Waals surface area contributed by atoms with Crippen molar-refractivity contribution in [1.82, 2.24) is 14.8 Å². The number of rotatable bonds is 8. The molecule has 4 rings (SSSR count). The van der Waals surface area contributed by atoms with Crippen molar-refractivity contribution in [2.75, 3.05) is 11.5 Å². The van der Waals surface area contributed by atoms with Crippen LogP contribution in [0.5, 0.6) is 0 Å². The summed E-state index contributed by atoms with van der Waals surface area (Å²) in [5, 5.41) is 4.68. The largest absolute Gasteiger partial charge is 0.462 e. The van der Waals surface area contributed by atoms with E-state index in [-0.39, 0.29) is 12.5 Å². The Morgan fingerprint density at radius 3 is 2.45 bits per heavy atom. The predicted octanol–water partition coefficient (Wildman–Crippen LogP) is 4.72. The molecule has 0 aliphatic heterocycles. The van der Waals surface area contributed by atoms with Crippen LogP contribution in [-0.2, 0) is 17.8 Å². The second kappa shape index (κ2) is 10.2. The van der Waals surface area contributed by atoms with E-state index in [9.17, 15) is 9.59 Å². The van der Waals surface area contributed by atoms with Gasteiger partial charge in [0.2, 0.25) is 0 Å². The minimum atomic E-state index is -0.422. The average molecular weight is 461 g/mol. The minimum absolute atomic E-state index is 0.186. The fourth-order valence-corrected chi connectivity index (χ4v) is 4.32. The van der Waals surface area contributed by atoms with Crippen molar-refractivity contribution < 1.29 is 14.3 Å². The first kappa shape index (κ1) is 22.4. The molecule has 0 aliphatic rings. The van der Waals surface area contributed by atoms with Gasteiger partial charge in [-0.1, -0.05) is 53.8 Å². The molecule has 168 valence electrons. The van der Waals surface area contributed by atoms with Gasteiger partial charge in [0.15, 0.2) is 5.13 Å². The first-order valence-electron chi connectivity index (χ1n) is 10.6. The summed E-state index contributed by atoms with van der Waals surface area (Å²) in [6.07, 6.45) is 3.63. The summed E-state index contributed by atoms with van der Waals surface area (Å²) in [4.78, 5) is 32.4. The molecule has 33 heavy (non-hydrogen) atoms. The number of nitrogens with zero attached hydrogens (tertiary/aromatic N) is 4.